The summed E-state index contributed by atoms with van der Waals surface area (Å²) in [6.45, 7) is 4.71. The minimum atomic E-state index is -2.49. The maximum Gasteiger partial charge on any atom is 0.172 e. The van der Waals surface area contributed by atoms with Gasteiger partial charge in [-0.15, -0.1) is 0 Å². The first-order chi connectivity index (χ1) is 29.0. The average Bonchev–Trinajstić information content (AvgIpc) is 3.53. The molecule has 1 nitrogen and oxygen atoms in total. The van der Waals surface area contributed by atoms with Crippen LogP contribution in [0.3, 0.4) is 0 Å². The molecule has 0 saturated carbocycles. The number of benzene rings is 9. The zero-order valence-corrected chi connectivity index (χ0v) is 34.5. The van der Waals surface area contributed by atoms with Crippen LogP contribution in [0.25, 0.3) is 39.1 Å². The summed E-state index contributed by atoms with van der Waals surface area (Å²) in [5.74, 6) is 0. The van der Waals surface area contributed by atoms with Gasteiger partial charge in [0.15, 0.2) is 8.07 Å². The lowest BCUT2D eigenvalue weighted by atomic mass is 9.82. The predicted molar refractivity (Wildman–Crippen MR) is 255 cm³/mol. The van der Waals surface area contributed by atoms with Crippen molar-refractivity contribution in [1.29, 1.82) is 0 Å². The number of hydrogen-bond acceptors (Lipinski definition) is 1. The third-order valence-corrected chi connectivity index (χ3v) is 16.8. The molecular formula is C57H45NSi. The van der Waals surface area contributed by atoms with Crippen LogP contribution in [0.5, 0.6) is 0 Å². The summed E-state index contributed by atoms with van der Waals surface area (Å²) in [6, 6.07) is 82.5. The highest BCUT2D eigenvalue weighted by Gasteiger charge is 2.37. The van der Waals surface area contributed by atoms with Crippen molar-refractivity contribution >= 4 is 57.5 Å². The second-order valence-electron chi connectivity index (χ2n) is 16.1. The van der Waals surface area contributed by atoms with Crippen LogP contribution in [0.2, 0.25) is 0 Å². The maximum absolute atomic E-state index is 2.51. The van der Waals surface area contributed by atoms with Crippen molar-refractivity contribution in [2.45, 2.75) is 19.3 Å². The monoisotopic (exact) mass is 771 g/mol. The van der Waals surface area contributed by atoms with E-state index in [9.17, 15) is 0 Å². The second kappa shape index (κ2) is 15.1. The molecule has 0 aromatic heterocycles. The lowest BCUT2D eigenvalue weighted by Crippen LogP contribution is -2.66. The molecule has 0 saturated heterocycles. The Bertz CT molecular complexity index is 2830. The lowest BCUT2D eigenvalue weighted by Gasteiger charge is -2.30. The minimum absolute atomic E-state index is 0.0914. The Balaban J connectivity index is 1.01. The topological polar surface area (TPSA) is 3.24 Å². The van der Waals surface area contributed by atoms with Crippen molar-refractivity contribution in [2.24, 2.45) is 0 Å². The van der Waals surface area contributed by atoms with Crippen molar-refractivity contribution in [2.75, 3.05) is 4.90 Å². The largest absolute Gasteiger partial charge is 0.310 e. The van der Waals surface area contributed by atoms with Crippen LogP contribution in [0.4, 0.5) is 17.1 Å². The second-order valence-corrected chi connectivity index (χ2v) is 19.8. The maximum atomic E-state index is 2.51. The highest BCUT2D eigenvalue weighted by atomic mass is 28.3. The van der Waals surface area contributed by atoms with E-state index < -0.39 is 8.07 Å². The molecule has 10 rings (SSSR count). The van der Waals surface area contributed by atoms with Gasteiger partial charge in [0.2, 0.25) is 0 Å². The van der Waals surface area contributed by atoms with Gasteiger partial charge in [-0.2, -0.15) is 0 Å². The molecule has 0 heterocycles. The quantitative estimate of drug-likeness (QED) is 0.104. The van der Waals surface area contributed by atoms with Crippen LogP contribution < -0.4 is 20.5 Å². The first-order valence-electron chi connectivity index (χ1n) is 20.6. The summed E-state index contributed by atoms with van der Waals surface area (Å²) in [5, 5.41) is 6.57. The predicted octanol–water partition coefficient (Wildman–Crippen LogP) is 13.0. The van der Waals surface area contributed by atoms with E-state index in [0.29, 0.717) is 0 Å². The lowest BCUT2D eigenvalue weighted by molar-refractivity contribution is 0.660. The normalized spacial score (nSPS) is 13.0. The first kappa shape index (κ1) is 36.3. The van der Waals surface area contributed by atoms with Gasteiger partial charge in [-0.3, -0.25) is 0 Å². The Hall–Kier alpha value is -7.00. The Kier molecular flexibility index (Phi) is 9.28. The van der Waals surface area contributed by atoms with E-state index in [0.717, 1.165) is 11.4 Å². The van der Waals surface area contributed by atoms with Gasteiger partial charge >= 0.3 is 0 Å². The molecular weight excluding hydrogens is 727 g/mol. The van der Waals surface area contributed by atoms with Gasteiger partial charge in [0.05, 0.1) is 5.69 Å². The van der Waals surface area contributed by atoms with Gasteiger partial charge < -0.3 is 4.90 Å². The van der Waals surface area contributed by atoms with Crippen molar-refractivity contribution in [3.63, 3.8) is 0 Å². The fourth-order valence-corrected chi connectivity index (χ4v) is 13.5. The van der Waals surface area contributed by atoms with Crippen LogP contribution in [-0.4, -0.2) is 8.07 Å². The van der Waals surface area contributed by atoms with Crippen LogP contribution in [0, 0.1) is 0 Å². The van der Waals surface area contributed by atoms with E-state index in [1.165, 1.54) is 71.0 Å². The molecule has 0 aliphatic heterocycles. The molecule has 0 unspecified atom stereocenters. The number of nitrogens with zero attached hydrogens (tertiary/aromatic N) is 1. The molecule has 0 atom stereocenters. The molecule has 0 bridgehead atoms. The van der Waals surface area contributed by atoms with Gasteiger partial charge in [0, 0.05) is 22.2 Å². The van der Waals surface area contributed by atoms with Gasteiger partial charge in [-0.25, -0.2) is 0 Å². The summed E-state index contributed by atoms with van der Waals surface area (Å²) in [4.78, 5) is 2.43. The standard InChI is InChI=1S/C57H45NSi/c1-57(2)54-27-15-14-26-52(54)53-38-37-47(41-55(53)57)58(56-28-16-18-45-17-12-13-25-51(45)56)46-35-33-44(34-36-46)43-31-29-42(30-32-43)39-40-59(48-19-6-3-7-20-48,49-21-8-4-9-22-49)50-23-10-5-11-24-50/h3-41H,1-2H3. The fraction of sp³-hybridized carbons (Fsp3) is 0.0526. The molecule has 0 radical (unpaired) electrons. The van der Waals surface area contributed by atoms with Crippen LogP contribution in [0.1, 0.15) is 30.5 Å². The molecule has 9 aromatic carbocycles. The third kappa shape index (κ3) is 6.43. The van der Waals surface area contributed by atoms with Crippen molar-refractivity contribution < 1.29 is 0 Å². The number of anilines is 3. The van der Waals surface area contributed by atoms with Gasteiger partial charge in [0.25, 0.3) is 0 Å². The molecule has 9 aromatic rings. The van der Waals surface area contributed by atoms with E-state index in [-0.39, 0.29) is 5.41 Å². The smallest absolute Gasteiger partial charge is 0.172 e. The van der Waals surface area contributed by atoms with Crippen LogP contribution in [0.15, 0.2) is 230 Å². The summed E-state index contributed by atoms with van der Waals surface area (Å²) in [7, 11) is -2.49. The van der Waals surface area contributed by atoms with Gasteiger partial charge in [0.1, 0.15) is 0 Å². The zero-order valence-electron chi connectivity index (χ0n) is 33.5. The average molecular weight is 772 g/mol. The zero-order chi connectivity index (χ0) is 39.8. The van der Waals surface area contributed by atoms with E-state index >= 15 is 0 Å². The Morgan fingerprint density at radius 3 is 1.58 bits per heavy atom. The molecule has 0 spiro atoms. The van der Waals surface area contributed by atoms with E-state index in [1.54, 1.807) is 0 Å². The fourth-order valence-electron chi connectivity index (χ4n) is 9.36. The van der Waals surface area contributed by atoms with E-state index in [4.69, 9.17) is 0 Å². The number of fused-ring (bicyclic) bond motifs is 4. The van der Waals surface area contributed by atoms with Crippen molar-refractivity contribution in [3.8, 4) is 22.3 Å². The molecule has 1 aliphatic carbocycles. The van der Waals surface area contributed by atoms with Crippen molar-refractivity contribution in [3.05, 3.63) is 247 Å². The summed E-state index contributed by atoms with van der Waals surface area (Å²) >= 11 is 0. The molecule has 0 N–H and O–H groups in total. The minimum Gasteiger partial charge on any atom is -0.310 e. The Morgan fingerprint density at radius 1 is 0.424 bits per heavy atom. The first-order valence-corrected chi connectivity index (χ1v) is 22.7. The van der Waals surface area contributed by atoms with Crippen LogP contribution >= 0.6 is 0 Å². The molecule has 0 fully saturated rings. The third-order valence-electron chi connectivity index (χ3n) is 12.4. The highest BCUT2D eigenvalue weighted by molar-refractivity contribution is 7.15. The molecule has 0 amide bonds. The van der Waals surface area contributed by atoms with E-state index in [2.05, 4.69) is 255 Å². The molecule has 2 heteroatoms. The highest BCUT2D eigenvalue weighted by Crippen LogP contribution is 2.51. The Labute approximate surface area is 349 Å². The SMILES string of the molecule is CC1(C)c2ccccc2-c2ccc(N(c3ccc(-c4ccc(C=C[Si](c5ccccc5)(c5ccccc5)c5ccccc5)cc4)cc3)c3cccc4ccccc34)cc21. The number of rotatable bonds is 9. The Morgan fingerprint density at radius 2 is 0.932 bits per heavy atom. The summed E-state index contributed by atoms with van der Waals surface area (Å²) in [5.41, 5.74) is 14.9. The molecule has 1 aliphatic rings. The van der Waals surface area contributed by atoms with Crippen LogP contribution in [-0.2, 0) is 5.41 Å². The van der Waals surface area contributed by atoms with Crippen molar-refractivity contribution in [1.82, 2.24) is 0 Å². The summed E-state index contributed by atoms with van der Waals surface area (Å²) in [6.07, 6.45) is 2.34. The van der Waals surface area contributed by atoms with Gasteiger partial charge in [-0.05, 0) is 90.2 Å². The number of hydrogen-bond donors (Lipinski definition) is 0. The van der Waals surface area contributed by atoms with E-state index in [1.807, 2.05) is 0 Å². The summed E-state index contributed by atoms with van der Waals surface area (Å²) < 4.78 is 0. The molecule has 59 heavy (non-hydrogen) atoms. The van der Waals surface area contributed by atoms with Gasteiger partial charge in [-0.1, -0.05) is 220 Å². The molecule has 282 valence electrons.